The first-order chi connectivity index (χ1) is 14.1. The zero-order valence-electron chi connectivity index (χ0n) is 14.8. The van der Waals surface area contributed by atoms with E-state index >= 15 is 0 Å². The Kier molecular flexibility index (Phi) is 4.90. The summed E-state index contributed by atoms with van der Waals surface area (Å²) in [4.78, 5) is 23.7. The first kappa shape index (κ1) is 20.2. The standard InChI is InChI=1S/C19H11NO7S3/c21-13-4-1-10-7-11(18(23)27-15(10)9-13)8-16-17(22)20(19(28)29-16)12-2-5-14(6-3-12)30(24,25)26/h1-9,22H,(H,24,25,26). The summed E-state index contributed by atoms with van der Waals surface area (Å²) in [5, 5.41) is 10.8. The van der Waals surface area contributed by atoms with Crippen molar-refractivity contribution in [2.24, 2.45) is 0 Å². The van der Waals surface area contributed by atoms with Crippen molar-refractivity contribution in [1.29, 1.82) is 0 Å². The molecule has 1 aliphatic rings. The molecule has 2 heterocycles. The number of rotatable bonds is 3. The summed E-state index contributed by atoms with van der Waals surface area (Å²) < 4.78 is 38.2. The summed E-state index contributed by atoms with van der Waals surface area (Å²) >= 11 is 6.32. The van der Waals surface area contributed by atoms with Crippen molar-refractivity contribution < 1.29 is 27.3 Å². The summed E-state index contributed by atoms with van der Waals surface area (Å²) in [6.45, 7) is 0. The molecule has 152 valence electrons. The van der Waals surface area contributed by atoms with Gasteiger partial charge in [-0.25, -0.2) is 4.79 Å². The Morgan fingerprint density at radius 2 is 1.83 bits per heavy atom. The van der Waals surface area contributed by atoms with Gasteiger partial charge in [0.05, 0.1) is 20.7 Å². The lowest BCUT2D eigenvalue weighted by atomic mass is 10.1. The monoisotopic (exact) mass is 461 g/mol. The van der Waals surface area contributed by atoms with E-state index in [1.165, 1.54) is 59.2 Å². The third-order valence-corrected chi connectivity index (χ3v) is 6.40. The second-order valence-corrected chi connectivity index (χ2v) is 9.29. The van der Waals surface area contributed by atoms with Crippen LogP contribution in [0.1, 0.15) is 10.4 Å². The highest BCUT2D eigenvalue weighted by Gasteiger charge is 2.15. The van der Waals surface area contributed by atoms with Gasteiger partial charge in [0.15, 0.2) is 9.74 Å². The Labute approximate surface area is 177 Å². The molecule has 11 heteroatoms. The minimum absolute atomic E-state index is 0.154. The van der Waals surface area contributed by atoms with Crippen LogP contribution >= 0.6 is 23.6 Å². The normalized spacial score (nSPS) is 13.9. The van der Waals surface area contributed by atoms with Crippen LogP contribution in [0.5, 0.6) is 5.88 Å². The molecule has 4 rings (SSSR count). The molecule has 8 nitrogen and oxygen atoms in total. The van der Waals surface area contributed by atoms with Crippen LogP contribution in [0.4, 0.5) is 0 Å². The zero-order chi connectivity index (χ0) is 21.6. The molecule has 0 unspecified atom stereocenters. The third-order valence-electron chi connectivity index (χ3n) is 4.23. The summed E-state index contributed by atoms with van der Waals surface area (Å²) in [6.07, 6.45) is 5.51. The third kappa shape index (κ3) is 3.71. The van der Waals surface area contributed by atoms with Crippen molar-refractivity contribution in [2.75, 3.05) is 0 Å². The highest BCUT2D eigenvalue weighted by Crippen LogP contribution is 2.30. The fourth-order valence-corrected chi connectivity index (χ4v) is 4.60. The Morgan fingerprint density at radius 3 is 2.50 bits per heavy atom. The Bertz CT molecular complexity index is 1570. The van der Waals surface area contributed by atoms with Crippen molar-refractivity contribution in [1.82, 2.24) is 4.57 Å². The number of aromatic hydroxyl groups is 1. The van der Waals surface area contributed by atoms with Gasteiger partial charge >= 0.3 is 5.63 Å². The number of nitrogens with zero attached hydrogens (tertiary/aromatic N) is 1. The Hall–Kier alpha value is -3.12. The summed E-state index contributed by atoms with van der Waals surface area (Å²) in [5.41, 5.74) is 0.395. The predicted octanol–water partition coefficient (Wildman–Crippen LogP) is 1.38. The van der Waals surface area contributed by atoms with Gasteiger partial charge in [0.2, 0.25) is 5.88 Å². The van der Waals surface area contributed by atoms with Gasteiger partial charge in [0.25, 0.3) is 10.1 Å². The average molecular weight is 461 g/mol. The fourth-order valence-electron chi connectivity index (χ4n) is 2.82. The maximum Gasteiger partial charge on any atom is 0.343 e. The van der Waals surface area contributed by atoms with Crippen LogP contribution in [0.25, 0.3) is 23.9 Å². The van der Waals surface area contributed by atoms with Gasteiger partial charge in [-0.3, -0.25) is 13.9 Å². The lowest BCUT2D eigenvalue weighted by Gasteiger charge is -2.05. The highest BCUT2D eigenvalue weighted by atomic mass is 32.2. The molecule has 0 spiro atoms. The van der Waals surface area contributed by atoms with Gasteiger partial charge in [0, 0.05) is 11.6 Å². The first-order valence-corrected chi connectivity index (χ1v) is 10.9. The van der Waals surface area contributed by atoms with Crippen LogP contribution in [0.3, 0.4) is 0 Å². The molecule has 3 aromatic rings. The molecule has 1 aliphatic carbocycles. The van der Waals surface area contributed by atoms with E-state index in [0.29, 0.717) is 11.3 Å². The number of ketones is 1. The van der Waals surface area contributed by atoms with Crippen LogP contribution < -0.4 is 16.3 Å². The Balaban J connectivity index is 1.83. The van der Waals surface area contributed by atoms with Gasteiger partial charge in [-0.2, -0.15) is 8.42 Å². The van der Waals surface area contributed by atoms with Crippen LogP contribution in [0, 0.1) is 3.95 Å². The maximum absolute atomic E-state index is 12.3. The number of hydrogen-bond acceptors (Lipinski definition) is 8. The second-order valence-electron chi connectivity index (χ2n) is 6.19. The van der Waals surface area contributed by atoms with Crippen molar-refractivity contribution >= 4 is 57.7 Å². The van der Waals surface area contributed by atoms with Crippen LogP contribution in [0.2, 0.25) is 0 Å². The maximum atomic E-state index is 12.3. The number of benzene rings is 1. The molecule has 0 amide bonds. The van der Waals surface area contributed by atoms with E-state index in [4.69, 9.17) is 21.2 Å². The number of allylic oxidation sites excluding steroid dienone is 1. The van der Waals surface area contributed by atoms with Gasteiger partial charge in [-0.15, -0.1) is 11.3 Å². The van der Waals surface area contributed by atoms with E-state index in [0.717, 1.165) is 11.3 Å². The van der Waals surface area contributed by atoms with Crippen LogP contribution in [-0.4, -0.2) is 28.4 Å². The number of fused-ring (bicyclic) bond motifs is 1. The molecule has 0 atom stereocenters. The van der Waals surface area contributed by atoms with E-state index in [1.54, 1.807) is 0 Å². The van der Waals surface area contributed by atoms with E-state index in [9.17, 15) is 23.1 Å². The smallest absolute Gasteiger partial charge is 0.343 e. The molecular formula is C19H11NO7S3. The molecule has 2 N–H and O–H groups in total. The lowest BCUT2D eigenvalue weighted by molar-refractivity contribution is -0.109. The zero-order valence-corrected chi connectivity index (χ0v) is 17.3. The fraction of sp³-hybridized carbons (Fsp3) is 0. The number of carbonyl (C=O) groups excluding carboxylic acids is 1. The predicted molar refractivity (Wildman–Crippen MR) is 112 cm³/mol. The number of thiazole rings is 1. The topological polar surface area (TPSA) is 127 Å². The molecule has 0 saturated heterocycles. The molecule has 2 aromatic heterocycles. The largest absolute Gasteiger partial charge is 0.493 e. The molecular weight excluding hydrogens is 450 g/mol. The first-order valence-electron chi connectivity index (χ1n) is 8.26. The second kappa shape index (κ2) is 7.29. The SMILES string of the molecule is O=C1C=Cc2cc(=Cc3sc(=S)n(-c4ccc(S(=O)(=O)O)cc4)c3O)c(=O)oc2=C1. The van der Waals surface area contributed by atoms with Gasteiger partial charge in [-0.05, 0) is 60.8 Å². The minimum Gasteiger partial charge on any atom is -0.493 e. The van der Waals surface area contributed by atoms with Crippen LogP contribution in [0.15, 0.2) is 50.5 Å². The summed E-state index contributed by atoms with van der Waals surface area (Å²) in [5.74, 6) is -0.533. The van der Waals surface area contributed by atoms with Crippen molar-refractivity contribution in [3.8, 4) is 11.6 Å². The van der Waals surface area contributed by atoms with Gasteiger partial charge in [-0.1, -0.05) is 0 Å². The molecule has 0 aliphatic heterocycles. The quantitative estimate of drug-likeness (QED) is 0.442. The summed E-state index contributed by atoms with van der Waals surface area (Å²) in [7, 11) is -4.35. The Morgan fingerprint density at radius 1 is 1.13 bits per heavy atom. The molecule has 0 radical (unpaired) electrons. The van der Waals surface area contributed by atoms with Crippen molar-refractivity contribution in [3.05, 3.63) is 71.9 Å². The number of aromatic nitrogens is 1. The van der Waals surface area contributed by atoms with Gasteiger partial charge in [0.1, 0.15) is 5.42 Å². The molecule has 0 saturated carbocycles. The average Bonchev–Trinajstić information content (AvgIpc) is 2.95. The molecule has 1 aromatic carbocycles. The van der Waals surface area contributed by atoms with Gasteiger partial charge < -0.3 is 9.52 Å². The van der Waals surface area contributed by atoms with E-state index < -0.39 is 15.7 Å². The number of hydrogen-bond donors (Lipinski definition) is 2. The van der Waals surface area contributed by atoms with Crippen molar-refractivity contribution in [2.45, 2.75) is 4.90 Å². The van der Waals surface area contributed by atoms with E-state index in [-0.39, 0.29) is 36.0 Å². The molecule has 0 bridgehead atoms. The van der Waals surface area contributed by atoms with Crippen molar-refractivity contribution in [3.63, 3.8) is 0 Å². The lowest BCUT2D eigenvalue weighted by Crippen LogP contribution is -2.30. The molecule has 30 heavy (non-hydrogen) atoms. The molecule has 0 fully saturated rings. The highest BCUT2D eigenvalue weighted by molar-refractivity contribution is 7.85. The number of carbonyl (C=O) groups is 1. The summed E-state index contributed by atoms with van der Waals surface area (Å²) in [6, 6.07) is 6.64. The van der Waals surface area contributed by atoms with E-state index in [1.807, 2.05) is 0 Å². The van der Waals surface area contributed by atoms with Crippen LogP contribution in [-0.2, 0) is 14.9 Å². The minimum atomic E-state index is -4.35. The van der Waals surface area contributed by atoms with E-state index in [2.05, 4.69) is 0 Å².